The molecule has 1 fully saturated rings. The number of aromatic nitrogens is 2. The molecule has 0 bridgehead atoms. The van der Waals surface area contributed by atoms with Crippen molar-refractivity contribution in [2.45, 2.75) is 19.3 Å². The van der Waals surface area contributed by atoms with Gasteiger partial charge in [-0.3, -0.25) is 14.7 Å². The second kappa shape index (κ2) is 7.82. The average Bonchev–Trinajstić information content (AvgIpc) is 3.25. The summed E-state index contributed by atoms with van der Waals surface area (Å²) in [7, 11) is 0. The molecule has 0 spiro atoms. The molecule has 1 saturated heterocycles. The Morgan fingerprint density at radius 2 is 2.07 bits per heavy atom. The molecule has 0 radical (unpaired) electrons. The number of H-pyrrole nitrogens is 1. The molecule has 154 valence electrons. The zero-order valence-corrected chi connectivity index (χ0v) is 16.6. The number of benzene rings is 2. The number of ketones is 1. The van der Waals surface area contributed by atoms with Gasteiger partial charge in [0, 0.05) is 36.0 Å². The first-order chi connectivity index (χ1) is 14.7. The predicted octanol–water partition coefficient (Wildman–Crippen LogP) is 3.00. The molecule has 3 aromatic rings. The lowest BCUT2D eigenvalue weighted by molar-refractivity contribution is -0.121. The highest BCUT2D eigenvalue weighted by atomic mass is 16.5. The van der Waals surface area contributed by atoms with E-state index in [4.69, 9.17) is 9.47 Å². The molecule has 1 aromatic heterocycles. The summed E-state index contributed by atoms with van der Waals surface area (Å²) in [6, 6.07) is 11.3. The van der Waals surface area contributed by atoms with E-state index in [0.717, 1.165) is 35.1 Å². The van der Waals surface area contributed by atoms with Crippen LogP contribution in [0.2, 0.25) is 0 Å². The van der Waals surface area contributed by atoms with Crippen LogP contribution in [0.15, 0.2) is 42.6 Å². The number of piperidine rings is 1. The van der Waals surface area contributed by atoms with Crippen molar-refractivity contribution >= 4 is 22.6 Å². The Morgan fingerprint density at radius 1 is 1.20 bits per heavy atom. The fourth-order valence-electron chi connectivity index (χ4n) is 4.12. The van der Waals surface area contributed by atoms with Gasteiger partial charge in [0.15, 0.2) is 5.78 Å². The molecule has 5 rings (SSSR count). The second-order valence-electron chi connectivity index (χ2n) is 7.99. The molecule has 0 aliphatic carbocycles. The van der Waals surface area contributed by atoms with Crippen LogP contribution in [0.1, 0.15) is 28.8 Å². The number of carbonyl (C=O) groups is 2. The van der Waals surface area contributed by atoms with Crippen LogP contribution in [0.3, 0.4) is 0 Å². The molecular weight excluding hydrogens is 382 g/mol. The molecule has 0 unspecified atom stereocenters. The maximum Gasteiger partial charge on any atom is 0.253 e. The van der Waals surface area contributed by atoms with Gasteiger partial charge in [-0.1, -0.05) is 0 Å². The number of hydrogen-bond acceptors (Lipinski definition) is 5. The number of fused-ring (bicyclic) bond motifs is 2. The normalized spacial score (nSPS) is 16.9. The van der Waals surface area contributed by atoms with Crippen molar-refractivity contribution in [3.63, 3.8) is 0 Å². The molecule has 0 saturated carbocycles. The number of nitrogens with one attached hydrogen (secondary N) is 1. The van der Waals surface area contributed by atoms with E-state index >= 15 is 0 Å². The summed E-state index contributed by atoms with van der Waals surface area (Å²) in [5.74, 6) is 2.02. The highest BCUT2D eigenvalue weighted by Crippen LogP contribution is 2.27. The Balaban J connectivity index is 1.16. The molecule has 2 aliphatic rings. The third kappa shape index (κ3) is 3.75. The summed E-state index contributed by atoms with van der Waals surface area (Å²) in [4.78, 5) is 26.4. The van der Waals surface area contributed by atoms with Crippen molar-refractivity contribution in [1.29, 1.82) is 0 Å². The fraction of sp³-hybridized carbons (Fsp3) is 0.348. The standard InChI is InChI=1S/C23H23N3O4/c27-19-10-17-9-16(1-4-22(17)30-14-19)23(28)26-7-5-15(6-8-26)13-29-20-2-3-21-18(11-20)12-24-25-21/h1-4,9,11-12,15H,5-8,10,13-14H2,(H,24,25). The van der Waals surface area contributed by atoms with Crippen molar-refractivity contribution in [2.75, 3.05) is 26.3 Å². The van der Waals surface area contributed by atoms with Crippen LogP contribution in [0.5, 0.6) is 11.5 Å². The smallest absolute Gasteiger partial charge is 0.253 e. The van der Waals surface area contributed by atoms with Crippen LogP contribution in [0, 0.1) is 5.92 Å². The number of rotatable bonds is 4. The number of ether oxygens (including phenoxy) is 2. The molecule has 0 atom stereocenters. The monoisotopic (exact) mass is 405 g/mol. The molecule has 7 nitrogen and oxygen atoms in total. The first kappa shape index (κ1) is 18.7. The highest BCUT2D eigenvalue weighted by Gasteiger charge is 2.25. The predicted molar refractivity (Wildman–Crippen MR) is 111 cm³/mol. The average molecular weight is 405 g/mol. The first-order valence-electron chi connectivity index (χ1n) is 10.3. The molecule has 2 aliphatic heterocycles. The Morgan fingerprint density at radius 3 is 2.93 bits per heavy atom. The lowest BCUT2D eigenvalue weighted by Crippen LogP contribution is -2.39. The SMILES string of the molecule is O=C1COc2ccc(C(=O)N3CCC(COc4ccc5[nH]ncc5c4)CC3)cc2C1. The summed E-state index contributed by atoms with van der Waals surface area (Å²) in [5.41, 5.74) is 2.41. The van der Waals surface area contributed by atoms with E-state index in [9.17, 15) is 9.59 Å². The quantitative estimate of drug-likeness (QED) is 0.721. The first-order valence-corrected chi connectivity index (χ1v) is 10.3. The van der Waals surface area contributed by atoms with Crippen LogP contribution in [0.25, 0.3) is 10.9 Å². The van der Waals surface area contributed by atoms with Gasteiger partial charge < -0.3 is 14.4 Å². The van der Waals surface area contributed by atoms with E-state index in [0.29, 0.717) is 43.3 Å². The van der Waals surface area contributed by atoms with E-state index in [1.54, 1.807) is 24.4 Å². The maximum atomic E-state index is 12.9. The number of nitrogens with zero attached hydrogens (tertiary/aromatic N) is 2. The van der Waals surface area contributed by atoms with Gasteiger partial charge in [-0.15, -0.1) is 0 Å². The zero-order chi connectivity index (χ0) is 20.5. The molecule has 7 heteroatoms. The van der Waals surface area contributed by atoms with E-state index in [2.05, 4.69) is 10.2 Å². The minimum absolute atomic E-state index is 0.0144. The Bertz CT molecular complexity index is 1100. The number of likely N-dealkylation sites (tertiary alicyclic amines) is 1. The van der Waals surface area contributed by atoms with Gasteiger partial charge in [-0.2, -0.15) is 5.10 Å². The topological polar surface area (TPSA) is 84.5 Å². The van der Waals surface area contributed by atoms with Crippen molar-refractivity contribution in [3.05, 3.63) is 53.7 Å². The van der Waals surface area contributed by atoms with Gasteiger partial charge in [-0.05, 0) is 55.2 Å². The maximum absolute atomic E-state index is 12.9. The van der Waals surface area contributed by atoms with E-state index in [1.165, 1.54) is 0 Å². The van der Waals surface area contributed by atoms with E-state index in [1.807, 2.05) is 23.1 Å². The highest BCUT2D eigenvalue weighted by molar-refractivity contribution is 5.95. The van der Waals surface area contributed by atoms with E-state index in [-0.39, 0.29) is 18.3 Å². The van der Waals surface area contributed by atoms with Crippen LogP contribution in [-0.2, 0) is 11.2 Å². The largest absolute Gasteiger partial charge is 0.493 e. The molecule has 1 amide bonds. The van der Waals surface area contributed by atoms with Crippen LogP contribution < -0.4 is 9.47 Å². The summed E-state index contributed by atoms with van der Waals surface area (Å²) < 4.78 is 11.4. The van der Waals surface area contributed by atoms with Gasteiger partial charge >= 0.3 is 0 Å². The fourth-order valence-corrected chi connectivity index (χ4v) is 4.12. The third-order valence-electron chi connectivity index (χ3n) is 5.88. The van der Waals surface area contributed by atoms with Crippen molar-refractivity contribution in [2.24, 2.45) is 5.92 Å². The van der Waals surface area contributed by atoms with Crippen LogP contribution in [0.4, 0.5) is 0 Å². The number of Topliss-reactive ketones (excluding diaryl/α,β-unsaturated/α-hetero) is 1. The van der Waals surface area contributed by atoms with Crippen molar-refractivity contribution in [3.8, 4) is 11.5 Å². The lowest BCUT2D eigenvalue weighted by Gasteiger charge is -2.32. The molecule has 1 N–H and O–H groups in total. The number of amides is 1. The van der Waals surface area contributed by atoms with Gasteiger partial charge in [0.1, 0.15) is 18.1 Å². The number of carbonyl (C=O) groups excluding carboxylic acids is 2. The summed E-state index contributed by atoms with van der Waals surface area (Å²) in [6.45, 7) is 2.18. The van der Waals surface area contributed by atoms with Gasteiger partial charge in [0.05, 0.1) is 18.3 Å². The molecular formula is C23H23N3O4. The Labute approximate surface area is 174 Å². The lowest BCUT2D eigenvalue weighted by atomic mass is 9.96. The Hall–Kier alpha value is -3.35. The van der Waals surface area contributed by atoms with Gasteiger partial charge in [0.2, 0.25) is 0 Å². The van der Waals surface area contributed by atoms with Gasteiger partial charge in [0.25, 0.3) is 5.91 Å². The van der Waals surface area contributed by atoms with Crippen molar-refractivity contribution in [1.82, 2.24) is 15.1 Å². The Kier molecular flexibility index (Phi) is 4.86. The zero-order valence-electron chi connectivity index (χ0n) is 16.6. The number of aromatic amines is 1. The minimum Gasteiger partial charge on any atom is -0.493 e. The molecule has 2 aromatic carbocycles. The van der Waals surface area contributed by atoms with E-state index < -0.39 is 0 Å². The van der Waals surface area contributed by atoms with Crippen LogP contribution >= 0.6 is 0 Å². The summed E-state index contributed by atoms with van der Waals surface area (Å²) >= 11 is 0. The third-order valence-corrected chi connectivity index (χ3v) is 5.88. The second-order valence-corrected chi connectivity index (χ2v) is 7.99. The number of hydrogen-bond donors (Lipinski definition) is 1. The van der Waals surface area contributed by atoms with Crippen molar-refractivity contribution < 1.29 is 19.1 Å². The van der Waals surface area contributed by atoms with Crippen LogP contribution in [-0.4, -0.2) is 53.1 Å². The van der Waals surface area contributed by atoms with Gasteiger partial charge in [-0.25, -0.2) is 0 Å². The molecule has 30 heavy (non-hydrogen) atoms. The summed E-state index contributed by atoms with van der Waals surface area (Å²) in [6.07, 6.45) is 3.94. The summed E-state index contributed by atoms with van der Waals surface area (Å²) in [5, 5.41) is 7.99. The minimum atomic E-state index is 0.0144. The molecule has 3 heterocycles.